The number of hydrogen-bond acceptors (Lipinski definition) is 8. The first kappa shape index (κ1) is 40.0. The van der Waals surface area contributed by atoms with Crippen molar-refractivity contribution in [1.82, 2.24) is 5.32 Å². The fraction of sp³-hybridized carbons (Fsp3) is 0.912. The second kappa shape index (κ2) is 26.2. The van der Waals surface area contributed by atoms with Crippen molar-refractivity contribution in [2.24, 2.45) is 0 Å². The number of carbonyl (C=O) groups is 1. The van der Waals surface area contributed by atoms with Crippen molar-refractivity contribution in [3.63, 3.8) is 0 Å². The minimum atomic E-state index is -1.56. The van der Waals surface area contributed by atoms with E-state index in [0.717, 1.165) is 38.5 Å². The quantitative estimate of drug-likeness (QED) is 0.0556. The van der Waals surface area contributed by atoms with E-state index in [1.54, 1.807) is 6.08 Å². The molecule has 43 heavy (non-hydrogen) atoms. The molecule has 1 rings (SSSR count). The molecule has 254 valence electrons. The lowest BCUT2D eigenvalue weighted by Gasteiger charge is -2.40. The summed E-state index contributed by atoms with van der Waals surface area (Å²) in [6, 6.07) is -0.794. The van der Waals surface area contributed by atoms with Gasteiger partial charge in [-0.2, -0.15) is 0 Å². The number of hydrogen-bond donors (Lipinski definition) is 6. The molecule has 9 heteroatoms. The van der Waals surface area contributed by atoms with Crippen LogP contribution < -0.4 is 5.32 Å². The Hall–Kier alpha value is -1.07. The molecule has 0 aromatic heterocycles. The Morgan fingerprint density at radius 2 is 1.28 bits per heavy atom. The summed E-state index contributed by atoms with van der Waals surface area (Å²) >= 11 is 0. The third kappa shape index (κ3) is 18.5. The Labute approximate surface area is 261 Å². The van der Waals surface area contributed by atoms with Gasteiger partial charge in [-0.3, -0.25) is 4.79 Å². The average Bonchev–Trinajstić information content (AvgIpc) is 3.00. The van der Waals surface area contributed by atoms with Gasteiger partial charge in [-0.25, -0.2) is 0 Å². The number of carbonyl (C=O) groups excluding carboxylic acids is 1. The van der Waals surface area contributed by atoms with Gasteiger partial charge in [-0.05, 0) is 19.3 Å². The van der Waals surface area contributed by atoms with Crippen LogP contribution in [0.1, 0.15) is 142 Å². The number of nitrogens with one attached hydrogen (secondary N) is 1. The summed E-state index contributed by atoms with van der Waals surface area (Å²) in [6.45, 7) is 3.69. The molecule has 1 fully saturated rings. The number of amides is 1. The molecule has 0 saturated carbocycles. The molecule has 6 N–H and O–H groups in total. The van der Waals surface area contributed by atoms with Gasteiger partial charge in [0.15, 0.2) is 6.29 Å². The summed E-state index contributed by atoms with van der Waals surface area (Å²) < 4.78 is 11.1. The molecule has 0 aliphatic carbocycles. The zero-order valence-corrected chi connectivity index (χ0v) is 27.2. The maximum atomic E-state index is 12.8. The highest BCUT2D eigenvalue weighted by Gasteiger charge is 2.44. The largest absolute Gasteiger partial charge is 0.394 e. The van der Waals surface area contributed by atoms with Crippen molar-refractivity contribution >= 4 is 5.91 Å². The van der Waals surface area contributed by atoms with Crippen LogP contribution in [0.25, 0.3) is 0 Å². The van der Waals surface area contributed by atoms with Crippen molar-refractivity contribution < 1.29 is 39.8 Å². The second-order valence-electron chi connectivity index (χ2n) is 12.3. The number of ether oxygens (including phenoxy) is 2. The SMILES string of the molecule is CCCCCCCC/C=C/C(O)C(COC1OC(CO)C(O)C(O)C1O)NC(=O)CCCCCCCCCCCCCC. The van der Waals surface area contributed by atoms with Gasteiger partial charge < -0.3 is 40.3 Å². The molecule has 0 aromatic rings. The third-order valence-electron chi connectivity index (χ3n) is 8.36. The fourth-order valence-electron chi connectivity index (χ4n) is 5.45. The van der Waals surface area contributed by atoms with Crippen molar-refractivity contribution in [2.75, 3.05) is 13.2 Å². The van der Waals surface area contributed by atoms with Gasteiger partial charge in [0.1, 0.15) is 24.4 Å². The standard InChI is InChI=1S/C34H65NO8/c1-3-5-7-9-11-13-14-15-16-18-20-22-24-30(38)35-27(28(37)23-21-19-17-12-10-8-6-4-2)26-42-34-33(41)32(40)31(39)29(25-36)43-34/h21,23,27-29,31-34,36-37,39-41H,3-20,22,24-26H2,1-2H3,(H,35,38)/b23-21+. The highest BCUT2D eigenvalue weighted by atomic mass is 16.7. The van der Waals surface area contributed by atoms with Crippen molar-refractivity contribution in [2.45, 2.75) is 185 Å². The van der Waals surface area contributed by atoms with Gasteiger partial charge in [-0.15, -0.1) is 0 Å². The highest BCUT2D eigenvalue weighted by Crippen LogP contribution is 2.22. The Morgan fingerprint density at radius 3 is 1.81 bits per heavy atom. The average molecular weight is 616 g/mol. The number of unbranched alkanes of at least 4 members (excludes halogenated alkanes) is 17. The summed E-state index contributed by atoms with van der Waals surface area (Å²) in [4.78, 5) is 12.8. The van der Waals surface area contributed by atoms with Gasteiger partial charge in [-0.1, -0.05) is 129 Å². The van der Waals surface area contributed by atoms with Crippen LogP contribution in [0.5, 0.6) is 0 Å². The zero-order valence-electron chi connectivity index (χ0n) is 27.2. The van der Waals surface area contributed by atoms with E-state index in [4.69, 9.17) is 9.47 Å². The zero-order chi connectivity index (χ0) is 31.7. The van der Waals surface area contributed by atoms with Crippen LogP contribution in [0.15, 0.2) is 12.2 Å². The van der Waals surface area contributed by atoms with Crippen LogP contribution >= 0.6 is 0 Å². The third-order valence-corrected chi connectivity index (χ3v) is 8.36. The number of rotatable bonds is 27. The fourth-order valence-corrected chi connectivity index (χ4v) is 5.45. The first-order chi connectivity index (χ1) is 20.8. The number of aliphatic hydroxyl groups is 5. The molecule has 7 atom stereocenters. The van der Waals surface area contributed by atoms with Crippen molar-refractivity contribution in [3.8, 4) is 0 Å². The Balaban J connectivity index is 2.49. The van der Waals surface area contributed by atoms with Crippen LogP contribution in [-0.2, 0) is 14.3 Å². The molecule has 0 spiro atoms. The molecular formula is C34H65NO8. The molecule has 1 aliphatic rings. The van der Waals surface area contributed by atoms with E-state index in [0.29, 0.717) is 6.42 Å². The van der Waals surface area contributed by atoms with E-state index in [1.807, 2.05) is 6.08 Å². The van der Waals surface area contributed by atoms with Crippen LogP contribution in [0.4, 0.5) is 0 Å². The lowest BCUT2D eigenvalue weighted by molar-refractivity contribution is -0.302. The molecule has 0 aromatic carbocycles. The molecule has 1 heterocycles. The first-order valence-corrected chi connectivity index (χ1v) is 17.4. The number of allylic oxidation sites excluding steroid dienone is 1. The molecule has 7 unspecified atom stereocenters. The predicted octanol–water partition coefficient (Wildman–Crippen LogP) is 5.05. The first-order valence-electron chi connectivity index (χ1n) is 17.4. The summed E-state index contributed by atoms with van der Waals surface area (Å²) in [7, 11) is 0. The van der Waals surface area contributed by atoms with Crippen LogP contribution in [0.3, 0.4) is 0 Å². The summed E-state index contributed by atoms with van der Waals surface area (Å²) in [5.74, 6) is -0.183. The van der Waals surface area contributed by atoms with Gasteiger partial charge >= 0.3 is 0 Å². The van der Waals surface area contributed by atoms with E-state index < -0.39 is 49.5 Å². The van der Waals surface area contributed by atoms with Crippen LogP contribution in [0.2, 0.25) is 0 Å². The summed E-state index contributed by atoms with van der Waals surface area (Å²) in [6.07, 6.45) is 18.4. The Kier molecular flexibility index (Phi) is 24.3. The second-order valence-corrected chi connectivity index (χ2v) is 12.3. The van der Waals surface area contributed by atoms with Crippen LogP contribution in [-0.4, -0.2) is 87.5 Å². The maximum Gasteiger partial charge on any atom is 0.220 e. The van der Waals surface area contributed by atoms with E-state index >= 15 is 0 Å². The molecule has 1 amide bonds. The maximum absolute atomic E-state index is 12.8. The van der Waals surface area contributed by atoms with E-state index in [1.165, 1.54) is 83.5 Å². The number of aliphatic hydroxyl groups excluding tert-OH is 5. The molecular weight excluding hydrogens is 550 g/mol. The van der Waals surface area contributed by atoms with Gasteiger partial charge in [0.2, 0.25) is 5.91 Å². The lowest BCUT2D eigenvalue weighted by atomic mass is 9.99. The summed E-state index contributed by atoms with van der Waals surface area (Å²) in [5, 5.41) is 53.6. The van der Waals surface area contributed by atoms with Crippen LogP contribution in [0, 0.1) is 0 Å². The summed E-state index contributed by atoms with van der Waals surface area (Å²) in [5.41, 5.74) is 0. The smallest absolute Gasteiger partial charge is 0.220 e. The topological polar surface area (TPSA) is 149 Å². The molecule has 1 saturated heterocycles. The Bertz CT molecular complexity index is 691. The highest BCUT2D eigenvalue weighted by molar-refractivity contribution is 5.76. The molecule has 0 radical (unpaired) electrons. The van der Waals surface area contributed by atoms with Crippen molar-refractivity contribution in [3.05, 3.63) is 12.2 Å². The van der Waals surface area contributed by atoms with E-state index in [-0.39, 0.29) is 12.5 Å². The minimum Gasteiger partial charge on any atom is -0.394 e. The van der Waals surface area contributed by atoms with E-state index in [2.05, 4.69) is 19.2 Å². The molecule has 9 nitrogen and oxygen atoms in total. The molecule has 0 bridgehead atoms. The lowest BCUT2D eigenvalue weighted by Crippen LogP contribution is -2.60. The molecule has 1 aliphatic heterocycles. The normalized spacial score (nSPS) is 23.9. The van der Waals surface area contributed by atoms with Gasteiger partial charge in [0, 0.05) is 6.42 Å². The minimum absolute atomic E-state index is 0.183. The Morgan fingerprint density at radius 1 is 0.767 bits per heavy atom. The van der Waals surface area contributed by atoms with Gasteiger partial charge in [0.25, 0.3) is 0 Å². The predicted molar refractivity (Wildman–Crippen MR) is 170 cm³/mol. The van der Waals surface area contributed by atoms with E-state index in [9.17, 15) is 30.3 Å². The van der Waals surface area contributed by atoms with Crippen molar-refractivity contribution in [1.29, 1.82) is 0 Å². The van der Waals surface area contributed by atoms with Gasteiger partial charge in [0.05, 0.1) is 25.4 Å². The monoisotopic (exact) mass is 615 g/mol.